The number of benzene rings is 1. The van der Waals surface area contributed by atoms with Crippen molar-refractivity contribution < 1.29 is 9.18 Å². The molecule has 16 heavy (non-hydrogen) atoms. The van der Waals surface area contributed by atoms with Gasteiger partial charge in [-0.3, -0.25) is 4.79 Å². The maximum absolute atomic E-state index is 13.4. The van der Waals surface area contributed by atoms with Gasteiger partial charge in [-0.2, -0.15) is 0 Å². The van der Waals surface area contributed by atoms with Crippen LogP contribution < -0.4 is 5.32 Å². The van der Waals surface area contributed by atoms with Gasteiger partial charge in [-0.15, -0.1) is 11.6 Å². The number of halogens is 3. The summed E-state index contributed by atoms with van der Waals surface area (Å²) in [4.78, 5) is 11.7. The van der Waals surface area contributed by atoms with Gasteiger partial charge in [0, 0.05) is 16.4 Å². The van der Waals surface area contributed by atoms with Crippen LogP contribution in [0.4, 0.5) is 4.39 Å². The van der Waals surface area contributed by atoms with Gasteiger partial charge < -0.3 is 5.32 Å². The van der Waals surface area contributed by atoms with E-state index in [1.807, 2.05) is 0 Å². The lowest BCUT2D eigenvalue weighted by molar-refractivity contribution is 0.0916. The van der Waals surface area contributed by atoms with E-state index in [9.17, 15) is 9.18 Å². The molecule has 0 heterocycles. The minimum Gasteiger partial charge on any atom is -0.346 e. The summed E-state index contributed by atoms with van der Waals surface area (Å²) in [7, 11) is 0. The quantitative estimate of drug-likeness (QED) is 0.834. The normalized spacial score (nSPS) is 11.3. The molecule has 5 heteroatoms. The molecule has 1 amide bonds. The molecule has 0 aliphatic rings. The number of amides is 1. The SMILES string of the molecule is CC(C)(CCl)NC(=O)c1ccc(Cl)cc1F. The van der Waals surface area contributed by atoms with E-state index in [4.69, 9.17) is 23.2 Å². The number of hydrogen-bond donors (Lipinski definition) is 1. The zero-order valence-corrected chi connectivity index (χ0v) is 10.5. The second-order valence-corrected chi connectivity index (χ2v) is 4.80. The number of rotatable bonds is 3. The molecule has 1 aromatic rings. The highest BCUT2D eigenvalue weighted by Gasteiger charge is 2.21. The van der Waals surface area contributed by atoms with E-state index in [1.54, 1.807) is 13.8 Å². The van der Waals surface area contributed by atoms with Gasteiger partial charge in [-0.1, -0.05) is 11.6 Å². The first kappa shape index (κ1) is 13.3. The zero-order chi connectivity index (χ0) is 12.3. The molecule has 0 fully saturated rings. The van der Waals surface area contributed by atoms with E-state index in [0.29, 0.717) is 0 Å². The number of nitrogens with one attached hydrogen (secondary N) is 1. The first-order valence-corrected chi connectivity index (χ1v) is 5.60. The third-order valence-electron chi connectivity index (χ3n) is 1.96. The molecule has 0 bridgehead atoms. The van der Waals surface area contributed by atoms with Crippen LogP contribution in [0.2, 0.25) is 5.02 Å². The third-order valence-corrected chi connectivity index (χ3v) is 2.87. The van der Waals surface area contributed by atoms with Gasteiger partial charge >= 0.3 is 0 Å². The van der Waals surface area contributed by atoms with Gasteiger partial charge in [0.05, 0.1) is 5.56 Å². The second kappa shape index (κ2) is 5.02. The largest absolute Gasteiger partial charge is 0.346 e. The van der Waals surface area contributed by atoms with E-state index in [2.05, 4.69) is 5.32 Å². The van der Waals surface area contributed by atoms with E-state index < -0.39 is 17.3 Å². The van der Waals surface area contributed by atoms with Crippen LogP contribution in [0.25, 0.3) is 0 Å². The van der Waals surface area contributed by atoms with Crippen molar-refractivity contribution in [2.45, 2.75) is 19.4 Å². The summed E-state index contributed by atoms with van der Waals surface area (Å²) in [5.41, 5.74) is -0.618. The van der Waals surface area contributed by atoms with E-state index in [-0.39, 0.29) is 16.5 Å². The Labute approximate surface area is 104 Å². The van der Waals surface area contributed by atoms with Crippen LogP contribution in [0.15, 0.2) is 18.2 Å². The molecule has 0 saturated carbocycles. The smallest absolute Gasteiger partial charge is 0.254 e. The predicted octanol–water partition coefficient (Wildman–Crippen LogP) is 3.23. The lowest BCUT2D eigenvalue weighted by atomic mass is 10.1. The molecule has 0 radical (unpaired) electrons. The minimum absolute atomic E-state index is 0.0393. The molecule has 1 rings (SSSR count). The molecule has 2 nitrogen and oxygen atoms in total. The van der Waals surface area contributed by atoms with Gasteiger partial charge in [0.1, 0.15) is 5.82 Å². The number of carbonyl (C=O) groups excluding carboxylic acids is 1. The number of hydrogen-bond acceptors (Lipinski definition) is 1. The molecule has 0 aromatic heterocycles. The maximum atomic E-state index is 13.4. The highest BCUT2D eigenvalue weighted by Crippen LogP contribution is 2.15. The van der Waals surface area contributed by atoms with Crippen molar-refractivity contribution >= 4 is 29.1 Å². The van der Waals surface area contributed by atoms with Gasteiger partial charge in [0.25, 0.3) is 5.91 Å². The summed E-state index contributed by atoms with van der Waals surface area (Å²) in [5.74, 6) is -0.899. The highest BCUT2D eigenvalue weighted by molar-refractivity contribution is 6.30. The van der Waals surface area contributed by atoms with Gasteiger partial charge in [0.2, 0.25) is 0 Å². The van der Waals surface area contributed by atoms with Crippen LogP contribution in [-0.2, 0) is 0 Å². The summed E-state index contributed by atoms with van der Waals surface area (Å²) in [5, 5.41) is 2.88. The Hall–Kier alpha value is -0.800. The van der Waals surface area contributed by atoms with Crippen molar-refractivity contribution in [3.05, 3.63) is 34.6 Å². The van der Waals surface area contributed by atoms with Crippen LogP contribution in [0, 0.1) is 5.82 Å². The van der Waals surface area contributed by atoms with Crippen LogP contribution in [0.3, 0.4) is 0 Å². The lowest BCUT2D eigenvalue weighted by Crippen LogP contribution is -2.45. The Kier molecular flexibility index (Phi) is 4.16. The van der Waals surface area contributed by atoms with Crippen molar-refractivity contribution in [2.24, 2.45) is 0 Å². The fraction of sp³-hybridized carbons (Fsp3) is 0.364. The molecule has 0 aliphatic carbocycles. The molecule has 0 aliphatic heterocycles. The van der Waals surface area contributed by atoms with Gasteiger partial charge in [-0.05, 0) is 32.0 Å². The maximum Gasteiger partial charge on any atom is 0.254 e. The molecule has 1 N–H and O–H groups in total. The van der Waals surface area contributed by atoms with Crippen LogP contribution >= 0.6 is 23.2 Å². The lowest BCUT2D eigenvalue weighted by Gasteiger charge is -2.23. The molecule has 0 spiro atoms. The molecular weight excluding hydrogens is 252 g/mol. The third kappa shape index (κ3) is 3.35. The fourth-order valence-corrected chi connectivity index (χ4v) is 1.31. The van der Waals surface area contributed by atoms with Crippen molar-refractivity contribution in [3.8, 4) is 0 Å². The summed E-state index contributed by atoms with van der Waals surface area (Å²) >= 11 is 11.2. The zero-order valence-electron chi connectivity index (χ0n) is 8.98. The van der Waals surface area contributed by atoms with Crippen LogP contribution in [0.5, 0.6) is 0 Å². The molecule has 0 atom stereocenters. The van der Waals surface area contributed by atoms with Crippen LogP contribution in [-0.4, -0.2) is 17.3 Å². The average Bonchev–Trinajstić information content (AvgIpc) is 2.16. The second-order valence-electron chi connectivity index (χ2n) is 4.10. The Balaban J connectivity index is 2.89. The highest BCUT2D eigenvalue weighted by atomic mass is 35.5. The Morgan fingerprint density at radius 2 is 2.12 bits per heavy atom. The Morgan fingerprint density at radius 3 is 2.62 bits per heavy atom. The summed E-state index contributed by atoms with van der Waals surface area (Å²) in [6, 6.07) is 3.91. The molecule has 88 valence electrons. The Bertz CT molecular complexity index is 407. The standard InChI is InChI=1S/C11H12Cl2FNO/c1-11(2,6-12)15-10(16)8-4-3-7(13)5-9(8)14/h3-5H,6H2,1-2H3,(H,15,16). The average molecular weight is 264 g/mol. The van der Waals surface area contributed by atoms with Crippen molar-refractivity contribution in [1.82, 2.24) is 5.32 Å². The minimum atomic E-state index is -0.643. The topological polar surface area (TPSA) is 29.1 Å². The first-order valence-electron chi connectivity index (χ1n) is 4.69. The van der Waals surface area contributed by atoms with Crippen molar-refractivity contribution in [2.75, 3.05) is 5.88 Å². The number of alkyl halides is 1. The number of carbonyl (C=O) groups is 1. The fourth-order valence-electron chi connectivity index (χ4n) is 1.08. The van der Waals surface area contributed by atoms with E-state index in [0.717, 1.165) is 6.07 Å². The monoisotopic (exact) mass is 263 g/mol. The van der Waals surface area contributed by atoms with Gasteiger partial charge in [-0.25, -0.2) is 4.39 Å². The van der Waals surface area contributed by atoms with Crippen LogP contribution in [0.1, 0.15) is 24.2 Å². The molecular formula is C11H12Cl2FNO. The van der Waals surface area contributed by atoms with E-state index in [1.165, 1.54) is 12.1 Å². The van der Waals surface area contributed by atoms with E-state index >= 15 is 0 Å². The predicted molar refractivity (Wildman–Crippen MR) is 63.7 cm³/mol. The molecule has 0 saturated heterocycles. The summed E-state index contributed by atoms with van der Waals surface area (Å²) < 4.78 is 13.4. The van der Waals surface area contributed by atoms with Crippen molar-refractivity contribution in [1.29, 1.82) is 0 Å². The first-order chi connectivity index (χ1) is 7.35. The molecule has 1 aromatic carbocycles. The van der Waals surface area contributed by atoms with Gasteiger partial charge in [0.15, 0.2) is 0 Å². The Morgan fingerprint density at radius 1 is 1.50 bits per heavy atom. The van der Waals surface area contributed by atoms with Crippen molar-refractivity contribution in [3.63, 3.8) is 0 Å². The summed E-state index contributed by atoms with van der Waals surface area (Å²) in [6.07, 6.45) is 0. The summed E-state index contributed by atoms with van der Waals surface area (Å²) in [6.45, 7) is 3.51. The molecule has 0 unspecified atom stereocenters.